The summed E-state index contributed by atoms with van der Waals surface area (Å²) < 4.78 is 5.41. The number of benzene rings is 1. The molecule has 0 atom stereocenters. The maximum atomic E-state index is 11.9. The normalized spacial score (nSPS) is 15.7. The Morgan fingerprint density at radius 1 is 1.26 bits per heavy atom. The van der Waals surface area contributed by atoms with Gasteiger partial charge in [-0.1, -0.05) is 0 Å². The van der Waals surface area contributed by atoms with Gasteiger partial charge in [-0.15, -0.1) is 0 Å². The summed E-state index contributed by atoms with van der Waals surface area (Å²) in [6.07, 6.45) is 0. The van der Waals surface area contributed by atoms with E-state index in [0.29, 0.717) is 5.76 Å². The molecule has 1 aliphatic heterocycles. The molecule has 3 rings (SSSR count). The molecule has 4 heteroatoms. The van der Waals surface area contributed by atoms with E-state index in [9.17, 15) is 4.79 Å². The molecular weight excluding hydrogens is 240 g/mol. The second-order valence-corrected chi connectivity index (χ2v) is 5.12. The van der Waals surface area contributed by atoms with E-state index in [0.717, 1.165) is 16.8 Å². The molecule has 1 aromatic carbocycles. The molecule has 0 fully saturated rings. The predicted octanol–water partition coefficient (Wildman–Crippen LogP) is 3.05. The number of furan rings is 1. The van der Waals surface area contributed by atoms with Gasteiger partial charge in [0, 0.05) is 11.3 Å². The van der Waals surface area contributed by atoms with Gasteiger partial charge in [0.05, 0.1) is 5.41 Å². The fourth-order valence-electron chi connectivity index (χ4n) is 2.28. The molecule has 0 bridgehead atoms. The fourth-order valence-corrected chi connectivity index (χ4v) is 2.28. The van der Waals surface area contributed by atoms with E-state index >= 15 is 0 Å². The van der Waals surface area contributed by atoms with Crippen LogP contribution in [-0.2, 0) is 10.2 Å². The Morgan fingerprint density at radius 2 is 2.05 bits per heavy atom. The standard InChI is InChI=1S/C15H12N2O2/c1-15(2)11-7-9(3-5-12(11)17-14(15)18)13-6-4-10(8-16)19-13/h3-7H,1-2H3,(H,17,18). The first kappa shape index (κ1) is 11.5. The third-order valence-corrected chi connectivity index (χ3v) is 3.51. The average molecular weight is 252 g/mol. The van der Waals surface area contributed by atoms with Crippen LogP contribution in [-0.4, -0.2) is 5.91 Å². The molecule has 19 heavy (non-hydrogen) atoms. The van der Waals surface area contributed by atoms with E-state index in [4.69, 9.17) is 9.68 Å². The van der Waals surface area contributed by atoms with Gasteiger partial charge >= 0.3 is 0 Å². The van der Waals surface area contributed by atoms with Gasteiger partial charge in [-0.3, -0.25) is 4.79 Å². The molecule has 0 unspecified atom stereocenters. The molecular formula is C15H12N2O2. The van der Waals surface area contributed by atoms with Crippen LogP contribution >= 0.6 is 0 Å². The maximum Gasteiger partial charge on any atom is 0.234 e. The summed E-state index contributed by atoms with van der Waals surface area (Å²) in [5, 5.41) is 11.6. The van der Waals surface area contributed by atoms with Gasteiger partial charge in [-0.2, -0.15) is 5.26 Å². The summed E-state index contributed by atoms with van der Waals surface area (Å²) in [4.78, 5) is 11.9. The first-order valence-electron chi connectivity index (χ1n) is 5.98. The van der Waals surface area contributed by atoms with Crippen LogP contribution in [0.2, 0.25) is 0 Å². The van der Waals surface area contributed by atoms with Crippen molar-refractivity contribution in [3.63, 3.8) is 0 Å². The van der Waals surface area contributed by atoms with Crippen molar-refractivity contribution in [2.75, 3.05) is 5.32 Å². The van der Waals surface area contributed by atoms with Crippen LogP contribution in [0.3, 0.4) is 0 Å². The van der Waals surface area contributed by atoms with Gasteiger partial charge in [0.25, 0.3) is 0 Å². The summed E-state index contributed by atoms with van der Waals surface area (Å²) in [6.45, 7) is 3.78. The minimum Gasteiger partial charge on any atom is -0.446 e. The second-order valence-electron chi connectivity index (χ2n) is 5.12. The van der Waals surface area contributed by atoms with Crippen LogP contribution in [0.5, 0.6) is 0 Å². The Hall–Kier alpha value is -2.54. The van der Waals surface area contributed by atoms with Crippen LogP contribution in [0, 0.1) is 11.3 Å². The fraction of sp³-hybridized carbons (Fsp3) is 0.200. The van der Waals surface area contributed by atoms with E-state index in [1.165, 1.54) is 0 Å². The van der Waals surface area contributed by atoms with Crippen LogP contribution < -0.4 is 5.32 Å². The highest BCUT2D eigenvalue weighted by Gasteiger charge is 2.38. The Bertz CT molecular complexity index is 720. The SMILES string of the molecule is CC1(C)C(=O)Nc2ccc(-c3ccc(C#N)o3)cc21. The number of anilines is 1. The number of hydrogen-bond donors (Lipinski definition) is 1. The highest BCUT2D eigenvalue weighted by molar-refractivity contribution is 6.06. The largest absolute Gasteiger partial charge is 0.446 e. The number of carbonyl (C=O) groups excluding carboxylic acids is 1. The first-order valence-corrected chi connectivity index (χ1v) is 5.98. The number of amides is 1. The van der Waals surface area contributed by atoms with Crippen molar-refractivity contribution in [3.8, 4) is 17.4 Å². The molecule has 0 saturated carbocycles. The van der Waals surface area contributed by atoms with Gasteiger partial charge in [-0.05, 0) is 49.7 Å². The molecule has 0 radical (unpaired) electrons. The lowest BCUT2D eigenvalue weighted by Crippen LogP contribution is -2.26. The van der Waals surface area contributed by atoms with Gasteiger partial charge in [0.1, 0.15) is 11.8 Å². The topological polar surface area (TPSA) is 66.0 Å². The Balaban J connectivity index is 2.11. The van der Waals surface area contributed by atoms with Crippen LogP contribution in [0.15, 0.2) is 34.7 Å². The molecule has 0 spiro atoms. The number of nitriles is 1. The van der Waals surface area contributed by atoms with Crippen molar-refractivity contribution in [2.24, 2.45) is 0 Å². The number of nitrogens with one attached hydrogen (secondary N) is 1. The summed E-state index contributed by atoms with van der Waals surface area (Å²) in [6, 6.07) is 11.0. The minimum atomic E-state index is -0.546. The molecule has 0 aliphatic carbocycles. The van der Waals surface area contributed by atoms with Crippen molar-refractivity contribution >= 4 is 11.6 Å². The molecule has 1 aromatic heterocycles. The average Bonchev–Trinajstić information content (AvgIpc) is 2.94. The van der Waals surface area contributed by atoms with Crippen molar-refractivity contribution in [1.29, 1.82) is 5.26 Å². The minimum absolute atomic E-state index is 0.00295. The second kappa shape index (κ2) is 3.72. The van der Waals surface area contributed by atoms with Crippen LogP contribution in [0.1, 0.15) is 25.2 Å². The lowest BCUT2D eigenvalue weighted by molar-refractivity contribution is -0.119. The van der Waals surface area contributed by atoms with E-state index in [-0.39, 0.29) is 11.7 Å². The predicted molar refractivity (Wildman–Crippen MR) is 70.5 cm³/mol. The number of hydrogen-bond acceptors (Lipinski definition) is 3. The molecule has 2 heterocycles. The first-order chi connectivity index (χ1) is 9.02. The van der Waals surface area contributed by atoms with Crippen molar-refractivity contribution in [1.82, 2.24) is 0 Å². The lowest BCUT2D eigenvalue weighted by atomic mass is 9.85. The van der Waals surface area contributed by atoms with Crippen LogP contribution in [0.25, 0.3) is 11.3 Å². The van der Waals surface area contributed by atoms with Gasteiger partial charge in [0.2, 0.25) is 11.7 Å². The lowest BCUT2D eigenvalue weighted by Gasteiger charge is -2.15. The quantitative estimate of drug-likeness (QED) is 0.848. The zero-order valence-electron chi connectivity index (χ0n) is 10.7. The maximum absolute atomic E-state index is 11.9. The molecule has 2 aromatic rings. The summed E-state index contributed by atoms with van der Waals surface area (Å²) >= 11 is 0. The molecule has 4 nitrogen and oxygen atoms in total. The zero-order valence-corrected chi connectivity index (χ0v) is 10.7. The highest BCUT2D eigenvalue weighted by atomic mass is 16.3. The molecule has 1 amide bonds. The Morgan fingerprint density at radius 3 is 2.74 bits per heavy atom. The van der Waals surface area contributed by atoms with Crippen molar-refractivity contribution in [2.45, 2.75) is 19.3 Å². The summed E-state index contributed by atoms with van der Waals surface area (Å²) in [5.41, 5.74) is 2.11. The number of carbonyl (C=O) groups is 1. The van der Waals surface area contributed by atoms with E-state index in [1.54, 1.807) is 12.1 Å². The molecule has 1 N–H and O–H groups in total. The molecule has 94 valence electrons. The smallest absolute Gasteiger partial charge is 0.234 e. The third kappa shape index (κ3) is 1.63. The van der Waals surface area contributed by atoms with Gasteiger partial charge in [0.15, 0.2) is 0 Å². The monoisotopic (exact) mass is 252 g/mol. The van der Waals surface area contributed by atoms with E-state index in [2.05, 4.69) is 5.32 Å². The van der Waals surface area contributed by atoms with Crippen LogP contribution in [0.4, 0.5) is 5.69 Å². The van der Waals surface area contributed by atoms with Gasteiger partial charge in [-0.25, -0.2) is 0 Å². The zero-order chi connectivity index (χ0) is 13.6. The summed E-state index contributed by atoms with van der Waals surface area (Å²) in [5.74, 6) is 0.912. The number of fused-ring (bicyclic) bond motifs is 1. The third-order valence-electron chi connectivity index (χ3n) is 3.51. The molecule has 1 aliphatic rings. The number of rotatable bonds is 1. The van der Waals surface area contributed by atoms with Crippen molar-refractivity contribution < 1.29 is 9.21 Å². The Kier molecular flexibility index (Phi) is 2.26. The van der Waals surface area contributed by atoms with Crippen molar-refractivity contribution in [3.05, 3.63) is 41.7 Å². The van der Waals surface area contributed by atoms with Gasteiger partial charge < -0.3 is 9.73 Å². The summed E-state index contributed by atoms with van der Waals surface area (Å²) in [7, 11) is 0. The number of nitrogens with zero attached hydrogens (tertiary/aromatic N) is 1. The highest BCUT2D eigenvalue weighted by Crippen LogP contribution is 2.39. The Labute approximate surface area is 110 Å². The molecule has 0 saturated heterocycles. The van der Waals surface area contributed by atoms with E-state index in [1.807, 2.05) is 38.1 Å². The van der Waals surface area contributed by atoms with E-state index < -0.39 is 5.41 Å².